The summed E-state index contributed by atoms with van der Waals surface area (Å²) in [6.45, 7) is 1.95. The van der Waals surface area contributed by atoms with Crippen LogP contribution in [0.15, 0.2) is 35.9 Å². The van der Waals surface area contributed by atoms with Gasteiger partial charge in [-0.2, -0.15) is 0 Å². The molecule has 2 aromatic heterocycles. The highest BCUT2D eigenvalue weighted by Crippen LogP contribution is 2.17. The highest BCUT2D eigenvalue weighted by Gasteiger charge is 2.06. The Kier molecular flexibility index (Phi) is 4.46. The van der Waals surface area contributed by atoms with Crippen molar-refractivity contribution in [3.05, 3.63) is 47.5 Å². The summed E-state index contributed by atoms with van der Waals surface area (Å²) in [4.78, 5) is 23.9. The highest BCUT2D eigenvalue weighted by atomic mass is 32.2. The van der Waals surface area contributed by atoms with Gasteiger partial charge >= 0.3 is 5.97 Å². The zero-order valence-corrected chi connectivity index (χ0v) is 11.5. The van der Waals surface area contributed by atoms with Crippen molar-refractivity contribution in [3.8, 4) is 0 Å². The van der Waals surface area contributed by atoms with Gasteiger partial charge in [-0.1, -0.05) is 11.8 Å². The molecule has 0 saturated heterocycles. The number of hydrogen-bond donors (Lipinski definition) is 0. The fourth-order valence-electron chi connectivity index (χ4n) is 1.34. The lowest BCUT2D eigenvalue weighted by Crippen LogP contribution is -2.02. The van der Waals surface area contributed by atoms with Gasteiger partial charge in [0.2, 0.25) is 0 Å². The largest absolute Gasteiger partial charge is 0.465 e. The Morgan fingerprint density at radius 2 is 1.95 bits per heavy atom. The van der Waals surface area contributed by atoms with Crippen LogP contribution in [0.1, 0.15) is 21.6 Å². The first-order valence-electron chi connectivity index (χ1n) is 5.63. The molecule has 0 radical (unpaired) electrons. The average molecular weight is 275 g/mol. The first-order chi connectivity index (χ1) is 9.19. The summed E-state index contributed by atoms with van der Waals surface area (Å²) in [5.41, 5.74) is 2.34. The van der Waals surface area contributed by atoms with Crippen LogP contribution >= 0.6 is 11.8 Å². The van der Waals surface area contributed by atoms with Crippen molar-refractivity contribution in [3.63, 3.8) is 0 Å². The molecule has 0 fully saturated rings. The average Bonchev–Trinajstić information content (AvgIpc) is 2.46. The molecule has 19 heavy (non-hydrogen) atoms. The minimum Gasteiger partial charge on any atom is -0.465 e. The van der Waals surface area contributed by atoms with Crippen molar-refractivity contribution >= 4 is 17.7 Å². The Bertz CT molecular complexity index is 555. The summed E-state index contributed by atoms with van der Waals surface area (Å²) in [6, 6.07) is 3.50. The van der Waals surface area contributed by atoms with Gasteiger partial charge in [0.1, 0.15) is 0 Å². The van der Waals surface area contributed by atoms with Crippen LogP contribution in [0.2, 0.25) is 0 Å². The van der Waals surface area contributed by atoms with Gasteiger partial charge in [-0.25, -0.2) is 14.8 Å². The Morgan fingerprint density at radius 1 is 1.21 bits per heavy atom. The second kappa shape index (κ2) is 6.29. The lowest BCUT2D eigenvalue weighted by Gasteiger charge is -2.02. The standard InChI is InChI=1S/C13H13N3O2S/c1-9-5-15-13(16-6-9)19-8-11-4-3-10(7-14-11)12(17)18-2/h3-7H,8H2,1-2H3. The predicted octanol–water partition coefficient (Wildman–Crippen LogP) is 2.26. The number of rotatable bonds is 4. The molecule has 0 aromatic carbocycles. The Balaban J connectivity index is 1.96. The van der Waals surface area contributed by atoms with E-state index in [9.17, 15) is 4.79 Å². The van der Waals surface area contributed by atoms with Crippen molar-refractivity contribution < 1.29 is 9.53 Å². The zero-order chi connectivity index (χ0) is 13.7. The minimum absolute atomic E-state index is 0.381. The molecule has 0 atom stereocenters. The Morgan fingerprint density at radius 3 is 2.53 bits per heavy atom. The third-order valence-corrected chi connectivity index (χ3v) is 3.26. The van der Waals surface area contributed by atoms with Crippen LogP contribution in [0, 0.1) is 6.92 Å². The first-order valence-corrected chi connectivity index (χ1v) is 6.62. The fraction of sp³-hybridized carbons (Fsp3) is 0.231. The molecule has 0 unspecified atom stereocenters. The van der Waals surface area contributed by atoms with E-state index in [4.69, 9.17) is 0 Å². The number of hydrogen-bond acceptors (Lipinski definition) is 6. The molecule has 5 nitrogen and oxygen atoms in total. The van der Waals surface area contributed by atoms with Crippen LogP contribution in [0.5, 0.6) is 0 Å². The third-order valence-electron chi connectivity index (χ3n) is 2.35. The van der Waals surface area contributed by atoms with Crippen LogP contribution in [-0.4, -0.2) is 28.0 Å². The van der Waals surface area contributed by atoms with Gasteiger partial charge < -0.3 is 4.74 Å². The predicted molar refractivity (Wildman–Crippen MR) is 71.9 cm³/mol. The molecule has 98 valence electrons. The van der Waals surface area contributed by atoms with E-state index in [1.54, 1.807) is 24.5 Å². The second-order valence-corrected chi connectivity index (χ2v) is 4.80. The van der Waals surface area contributed by atoms with E-state index in [0.717, 1.165) is 11.3 Å². The Labute approximate surface area is 115 Å². The van der Waals surface area contributed by atoms with Gasteiger partial charge in [-0.3, -0.25) is 4.98 Å². The summed E-state index contributed by atoms with van der Waals surface area (Å²) < 4.78 is 4.61. The molecule has 0 bridgehead atoms. The summed E-state index contributed by atoms with van der Waals surface area (Å²) in [7, 11) is 1.35. The maximum atomic E-state index is 11.2. The number of ether oxygens (including phenoxy) is 1. The Hall–Kier alpha value is -1.95. The molecule has 0 aliphatic rings. The van der Waals surface area contributed by atoms with Crippen LogP contribution < -0.4 is 0 Å². The van der Waals surface area contributed by atoms with Crippen LogP contribution in [-0.2, 0) is 10.5 Å². The molecular weight excluding hydrogens is 262 g/mol. The summed E-state index contributed by atoms with van der Waals surface area (Å²) >= 11 is 1.50. The van der Waals surface area contributed by atoms with Gasteiger partial charge in [0.25, 0.3) is 0 Å². The molecule has 0 N–H and O–H groups in total. The molecule has 0 aliphatic heterocycles. The maximum absolute atomic E-state index is 11.2. The van der Waals surface area contributed by atoms with E-state index in [1.807, 2.05) is 6.92 Å². The molecular formula is C13H13N3O2S. The van der Waals surface area contributed by atoms with Crippen molar-refractivity contribution in [2.24, 2.45) is 0 Å². The number of carbonyl (C=O) groups excluding carboxylic acids is 1. The lowest BCUT2D eigenvalue weighted by atomic mass is 10.2. The number of pyridine rings is 1. The number of esters is 1. The van der Waals surface area contributed by atoms with Crippen molar-refractivity contribution in [2.45, 2.75) is 17.8 Å². The number of methoxy groups -OCH3 is 1. The summed E-state index contributed by atoms with van der Waals surface area (Å²) in [6.07, 6.45) is 5.07. The summed E-state index contributed by atoms with van der Waals surface area (Å²) in [5, 5.41) is 0.712. The van der Waals surface area contributed by atoms with Gasteiger partial charge in [0.15, 0.2) is 5.16 Å². The molecule has 0 amide bonds. The fourth-order valence-corrected chi connectivity index (χ4v) is 2.04. The molecule has 0 saturated carbocycles. The number of thioether (sulfide) groups is 1. The van der Waals surface area contributed by atoms with Gasteiger partial charge in [-0.15, -0.1) is 0 Å². The van der Waals surface area contributed by atoms with Crippen LogP contribution in [0.3, 0.4) is 0 Å². The normalized spacial score (nSPS) is 10.2. The highest BCUT2D eigenvalue weighted by molar-refractivity contribution is 7.98. The van der Waals surface area contributed by atoms with Gasteiger partial charge in [-0.05, 0) is 24.6 Å². The molecule has 2 rings (SSSR count). The van der Waals surface area contributed by atoms with E-state index in [1.165, 1.54) is 25.1 Å². The minimum atomic E-state index is -0.381. The lowest BCUT2D eigenvalue weighted by molar-refractivity contribution is 0.0600. The van der Waals surface area contributed by atoms with Crippen molar-refractivity contribution in [2.75, 3.05) is 7.11 Å². The topological polar surface area (TPSA) is 65.0 Å². The zero-order valence-electron chi connectivity index (χ0n) is 10.7. The van der Waals surface area contributed by atoms with Gasteiger partial charge in [0, 0.05) is 24.3 Å². The first kappa shape index (κ1) is 13.5. The SMILES string of the molecule is COC(=O)c1ccc(CSc2ncc(C)cn2)nc1. The van der Waals surface area contributed by atoms with E-state index >= 15 is 0 Å². The van der Waals surface area contributed by atoms with Crippen LogP contribution in [0.25, 0.3) is 0 Å². The van der Waals surface area contributed by atoms with E-state index in [0.29, 0.717) is 16.5 Å². The quantitative estimate of drug-likeness (QED) is 0.484. The van der Waals surface area contributed by atoms with Gasteiger partial charge in [0.05, 0.1) is 18.4 Å². The smallest absolute Gasteiger partial charge is 0.339 e. The maximum Gasteiger partial charge on any atom is 0.339 e. The van der Waals surface area contributed by atoms with Crippen molar-refractivity contribution in [1.29, 1.82) is 0 Å². The molecule has 0 spiro atoms. The van der Waals surface area contributed by atoms with E-state index < -0.39 is 0 Å². The van der Waals surface area contributed by atoms with Crippen LogP contribution in [0.4, 0.5) is 0 Å². The number of carbonyl (C=O) groups is 1. The molecule has 0 aliphatic carbocycles. The molecule has 2 heterocycles. The number of nitrogens with zero attached hydrogens (tertiary/aromatic N) is 3. The molecule has 6 heteroatoms. The number of aryl methyl sites for hydroxylation is 1. The second-order valence-electron chi connectivity index (χ2n) is 3.86. The number of aromatic nitrogens is 3. The van der Waals surface area contributed by atoms with E-state index in [2.05, 4.69) is 19.7 Å². The molecule has 2 aromatic rings. The van der Waals surface area contributed by atoms with E-state index in [-0.39, 0.29) is 5.97 Å². The third kappa shape index (κ3) is 3.75. The monoisotopic (exact) mass is 275 g/mol. The summed E-state index contributed by atoms with van der Waals surface area (Å²) in [5.74, 6) is 0.276. The van der Waals surface area contributed by atoms with Crippen molar-refractivity contribution in [1.82, 2.24) is 15.0 Å².